The third-order valence-corrected chi connectivity index (χ3v) is 9.51. The monoisotopic (exact) mass is 655 g/mol. The minimum absolute atomic E-state index is 0.153. The Morgan fingerprint density at radius 1 is 1.07 bits per heavy atom. The number of fused-ring (bicyclic) bond motifs is 1. The average Bonchev–Trinajstić information content (AvgIpc) is 2.97. The molecule has 12 heteroatoms. The highest BCUT2D eigenvalue weighted by molar-refractivity contribution is 9.10. The number of halogens is 2. The molecule has 2 aliphatic heterocycles. The number of likely N-dealkylation sites (tertiary alicyclic amines) is 1. The zero-order valence-electron chi connectivity index (χ0n) is 22.9. The molecule has 1 spiro atoms. The number of carbonyl (C=O) groups excluding carboxylic acids is 2. The number of anilines is 1. The van der Waals surface area contributed by atoms with Gasteiger partial charge in [0.2, 0.25) is 0 Å². The molecule has 3 aliphatic rings. The number of piperidine rings is 1. The number of rotatable bonds is 6. The molecule has 1 aliphatic carbocycles. The SMILES string of the molecule is O=C(N[C@H]1CCCC[C@H]1Nc1c(C(=O)N2CCC3(CC2)COC3)cc(Br)cc1[N+](=O)[O-])c1cncc2cc(Cl)ccc12. The smallest absolute Gasteiger partial charge is 0.294 e. The molecule has 1 saturated carbocycles. The van der Waals surface area contributed by atoms with Crippen molar-refractivity contribution in [3.63, 3.8) is 0 Å². The second-order valence-corrected chi connectivity index (χ2v) is 12.9. The van der Waals surface area contributed by atoms with Crippen LogP contribution >= 0.6 is 27.5 Å². The van der Waals surface area contributed by atoms with Gasteiger partial charge in [-0.25, -0.2) is 0 Å². The van der Waals surface area contributed by atoms with Gasteiger partial charge in [0, 0.05) is 63.9 Å². The van der Waals surface area contributed by atoms with E-state index in [0.29, 0.717) is 41.0 Å². The summed E-state index contributed by atoms with van der Waals surface area (Å²) in [6.45, 7) is 2.60. The lowest BCUT2D eigenvalue weighted by molar-refractivity contribution is -0.384. The molecule has 3 aromatic rings. The maximum Gasteiger partial charge on any atom is 0.294 e. The Morgan fingerprint density at radius 3 is 2.50 bits per heavy atom. The number of amides is 2. The summed E-state index contributed by atoms with van der Waals surface area (Å²) in [6, 6.07) is 7.74. The van der Waals surface area contributed by atoms with Crippen molar-refractivity contribution in [3.8, 4) is 0 Å². The minimum Gasteiger partial charge on any atom is -0.380 e. The number of ether oxygens (including phenoxy) is 1. The van der Waals surface area contributed by atoms with Gasteiger partial charge >= 0.3 is 0 Å². The van der Waals surface area contributed by atoms with Gasteiger partial charge in [-0.15, -0.1) is 0 Å². The molecule has 2 atom stereocenters. The maximum absolute atomic E-state index is 13.8. The maximum atomic E-state index is 13.8. The van der Waals surface area contributed by atoms with Crippen LogP contribution in [0.15, 0.2) is 47.2 Å². The summed E-state index contributed by atoms with van der Waals surface area (Å²) in [5.41, 5.74) is 0.842. The van der Waals surface area contributed by atoms with Crippen LogP contribution in [0.4, 0.5) is 11.4 Å². The first kappa shape index (κ1) is 28.8. The molecular formula is C30H31BrClN5O5. The predicted molar refractivity (Wildman–Crippen MR) is 163 cm³/mol. The zero-order valence-corrected chi connectivity index (χ0v) is 25.2. The van der Waals surface area contributed by atoms with Crippen LogP contribution in [0.1, 0.15) is 59.2 Å². The number of hydrogen-bond acceptors (Lipinski definition) is 7. The Hall–Kier alpha value is -3.28. The third kappa shape index (κ3) is 5.69. The van der Waals surface area contributed by atoms with E-state index >= 15 is 0 Å². The Labute approximate surface area is 256 Å². The van der Waals surface area contributed by atoms with Gasteiger partial charge in [0.15, 0.2) is 0 Å². The molecule has 3 fully saturated rings. The molecule has 42 heavy (non-hydrogen) atoms. The lowest BCUT2D eigenvalue weighted by Gasteiger charge is -2.47. The topological polar surface area (TPSA) is 127 Å². The fraction of sp³-hybridized carbons (Fsp3) is 0.433. The number of nitrogens with zero attached hydrogens (tertiary/aromatic N) is 3. The minimum atomic E-state index is -0.468. The van der Waals surface area contributed by atoms with E-state index in [4.69, 9.17) is 16.3 Å². The lowest BCUT2D eigenvalue weighted by atomic mass is 9.77. The van der Waals surface area contributed by atoms with Crippen LogP contribution in [-0.4, -0.2) is 65.0 Å². The van der Waals surface area contributed by atoms with E-state index in [0.717, 1.165) is 49.7 Å². The zero-order chi connectivity index (χ0) is 29.4. The van der Waals surface area contributed by atoms with E-state index in [1.165, 1.54) is 12.3 Å². The number of carbonyl (C=O) groups is 2. The molecule has 0 unspecified atom stereocenters. The molecule has 3 heterocycles. The third-order valence-electron chi connectivity index (χ3n) is 8.82. The largest absolute Gasteiger partial charge is 0.380 e. The van der Waals surface area contributed by atoms with Gasteiger partial charge in [-0.2, -0.15) is 0 Å². The fourth-order valence-electron chi connectivity index (χ4n) is 6.33. The molecule has 0 radical (unpaired) electrons. The van der Waals surface area contributed by atoms with Crippen LogP contribution in [0, 0.1) is 15.5 Å². The molecule has 6 rings (SSSR count). The van der Waals surface area contributed by atoms with E-state index < -0.39 is 4.92 Å². The van der Waals surface area contributed by atoms with Crippen LogP contribution in [-0.2, 0) is 4.74 Å². The number of nitro groups is 1. The summed E-state index contributed by atoms with van der Waals surface area (Å²) in [5, 5.41) is 20.8. The van der Waals surface area contributed by atoms with Gasteiger partial charge in [0.05, 0.1) is 29.3 Å². The van der Waals surface area contributed by atoms with Gasteiger partial charge in [0.1, 0.15) is 5.69 Å². The number of nitro benzene ring substituents is 1. The molecular weight excluding hydrogens is 626 g/mol. The standard InChI is InChI=1S/C30H31BrClN5O5/c31-19-12-22(29(39)36-9-7-30(8-10-36)16-42-17-30)27(26(13-19)37(40)41)34-24-3-1-2-4-25(24)35-28(38)23-15-33-14-18-11-20(32)5-6-21(18)23/h5-6,11-15,24-25,34H,1-4,7-10,16-17H2,(H,35,38)/t24-,25+/m1/s1. The van der Waals surface area contributed by atoms with Crippen molar-refractivity contribution < 1.29 is 19.2 Å². The van der Waals surface area contributed by atoms with E-state index in [9.17, 15) is 19.7 Å². The second kappa shape index (κ2) is 11.8. The van der Waals surface area contributed by atoms with Gasteiger partial charge in [-0.1, -0.05) is 46.4 Å². The van der Waals surface area contributed by atoms with Crippen molar-refractivity contribution >= 4 is 61.5 Å². The molecule has 2 saturated heterocycles. The van der Waals surface area contributed by atoms with E-state index in [2.05, 4.69) is 31.5 Å². The van der Waals surface area contributed by atoms with E-state index in [1.807, 2.05) is 0 Å². The van der Waals surface area contributed by atoms with Crippen molar-refractivity contribution in [1.82, 2.24) is 15.2 Å². The Balaban J connectivity index is 1.26. The highest BCUT2D eigenvalue weighted by Crippen LogP contribution is 2.40. The predicted octanol–water partition coefficient (Wildman–Crippen LogP) is 5.96. The van der Waals surface area contributed by atoms with E-state index in [-0.39, 0.29) is 46.3 Å². The number of benzene rings is 2. The molecule has 2 amide bonds. The van der Waals surface area contributed by atoms with Gasteiger partial charge < -0.3 is 20.3 Å². The second-order valence-electron chi connectivity index (χ2n) is 11.6. The Morgan fingerprint density at radius 2 is 1.81 bits per heavy atom. The van der Waals surface area contributed by atoms with Crippen molar-refractivity contribution in [3.05, 3.63) is 73.5 Å². The highest BCUT2D eigenvalue weighted by Gasteiger charge is 2.42. The Kier molecular flexibility index (Phi) is 8.08. The molecule has 1 aromatic heterocycles. The first-order valence-corrected chi connectivity index (χ1v) is 15.4. The number of hydrogen-bond donors (Lipinski definition) is 2. The van der Waals surface area contributed by atoms with Crippen LogP contribution in [0.25, 0.3) is 10.8 Å². The van der Waals surface area contributed by atoms with Crippen LogP contribution in [0.5, 0.6) is 0 Å². The van der Waals surface area contributed by atoms with Gasteiger partial charge in [-0.05, 0) is 49.3 Å². The summed E-state index contributed by atoms with van der Waals surface area (Å²) in [7, 11) is 0. The summed E-state index contributed by atoms with van der Waals surface area (Å²) in [4.78, 5) is 45.1. The van der Waals surface area contributed by atoms with Crippen LogP contribution < -0.4 is 10.6 Å². The van der Waals surface area contributed by atoms with Crippen LogP contribution in [0.2, 0.25) is 5.02 Å². The first-order chi connectivity index (χ1) is 20.2. The normalized spacial score (nSPS) is 21.5. The molecule has 0 bridgehead atoms. The molecule has 2 aromatic carbocycles. The van der Waals surface area contributed by atoms with Crippen molar-refractivity contribution in [1.29, 1.82) is 0 Å². The average molecular weight is 657 g/mol. The molecule has 10 nitrogen and oxygen atoms in total. The first-order valence-electron chi connectivity index (χ1n) is 14.2. The fourth-order valence-corrected chi connectivity index (χ4v) is 6.95. The summed E-state index contributed by atoms with van der Waals surface area (Å²) >= 11 is 9.51. The van der Waals surface area contributed by atoms with E-state index in [1.54, 1.807) is 35.4 Å². The van der Waals surface area contributed by atoms with Gasteiger partial charge in [0.25, 0.3) is 17.5 Å². The summed E-state index contributed by atoms with van der Waals surface area (Å²) in [5.74, 6) is -0.521. The summed E-state index contributed by atoms with van der Waals surface area (Å²) < 4.78 is 5.87. The number of aromatic nitrogens is 1. The van der Waals surface area contributed by atoms with Crippen molar-refractivity contribution in [2.24, 2.45) is 5.41 Å². The molecule has 2 N–H and O–H groups in total. The van der Waals surface area contributed by atoms with Gasteiger partial charge in [-0.3, -0.25) is 24.7 Å². The number of pyridine rings is 1. The molecule has 220 valence electrons. The highest BCUT2D eigenvalue weighted by atomic mass is 79.9. The Bertz CT molecular complexity index is 1550. The van der Waals surface area contributed by atoms with Crippen LogP contribution in [0.3, 0.4) is 0 Å². The lowest BCUT2D eigenvalue weighted by Crippen LogP contribution is -2.52. The quantitative estimate of drug-likeness (QED) is 0.248. The summed E-state index contributed by atoms with van der Waals surface area (Å²) in [6.07, 6.45) is 8.07. The van der Waals surface area contributed by atoms with Crippen molar-refractivity contribution in [2.75, 3.05) is 31.6 Å². The van der Waals surface area contributed by atoms with Crippen molar-refractivity contribution in [2.45, 2.75) is 50.6 Å². The number of nitrogens with one attached hydrogen (secondary N) is 2.